The van der Waals surface area contributed by atoms with Gasteiger partial charge < -0.3 is 10.5 Å². The van der Waals surface area contributed by atoms with Gasteiger partial charge in [-0.3, -0.25) is 0 Å². The van der Waals surface area contributed by atoms with Gasteiger partial charge in [0.1, 0.15) is 0 Å². The highest BCUT2D eigenvalue weighted by Crippen LogP contribution is 2.37. The highest BCUT2D eigenvalue weighted by Gasteiger charge is 2.09. The fourth-order valence-electron chi connectivity index (χ4n) is 1.20. The van der Waals surface area contributed by atoms with Crippen LogP contribution >= 0.6 is 33.8 Å². The normalized spacial score (nSPS) is 19.9. The Labute approximate surface area is 98.4 Å². The van der Waals surface area contributed by atoms with Crippen molar-refractivity contribution in [1.29, 1.82) is 0 Å². The van der Waals surface area contributed by atoms with Gasteiger partial charge in [-0.2, -0.15) is 0 Å². The van der Waals surface area contributed by atoms with Gasteiger partial charge in [-0.05, 0) is 30.5 Å². The summed E-state index contributed by atoms with van der Waals surface area (Å²) < 4.78 is 5.00. The maximum atomic E-state index is 5.20. The van der Waals surface area contributed by atoms with Crippen LogP contribution in [0.1, 0.15) is 25.7 Å². The largest absolute Gasteiger partial charge is 0.471 e. The van der Waals surface area contributed by atoms with Crippen LogP contribution < -0.4 is 5.73 Å². The predicted octanol–water partition coefficient (Wildman–Crippen LogP) is 3.08. The van der Waals surface area contributed by atoms with E-state index in [2.05, 4.69) is 23.7 Å². The van der Waals surface area contributed by atoms with Crippen molar-refractivity contribution in [2.24, 2.45) is 5.73 Å². The number of hydrogen-bond acceptors (Lipinski definition) is 4. The Bertz CT molecular complexity index is 208. The Hall–Kier alpha value is 0.130. The summed E-state index contributed by atoms with van der Waals surface area (Å²) in [6, 6.07) is 0. The second-order valence-corrected chi connectivity index (χ2v) is 5.90. The first-order valence-electron chi connectivity index (χ1n) is 4.70. The lowest BCUT2D eigenvalue weighted by molar-refractivity contribution is 0.296. The van der Waals surface area contributed by atoms with Crippen molar-refractivity contribution < 1.29 is 4.74 Å². The molecule has 0 saturated heterocycles. The van der Waals surface area contributed by atoms with Gasteiger partial charge in [0.05, 0.1) is 6.61 Å². The van der Waals surface area contributed by atoms with E-state index in [1.54, 1.807) is 0 Å². The minimum Gasteiger partial charge on any atom is -0.471 e. The molecule has 0 aliphatic carbocycles. The van der Waals surface area contributed by atoms with Gasteiger partial charge >= 0.3 is 0 Å². The molecule has 80 valence electrons. The van der Waals surface area contributed by atoms with Crippen molar-refractivity contribution in [2.45, 2.75) is 30.9 Å². The van der Waals surface area contributed by atoms with Gasteiger partial charge in [0.15, 0.2) is 0 Å². The molecule has 2 nitrogen and oxygen atoms in total. The van der Waals surface area contributed by atoms with Crippen LogP contribution in [0.2, 0.25) is 0 Å². The summed E-state index contributed by atoms with van der Waals surface area (Å²) in [7, 11) is 3.78. The molecule has 0 aromatic carbocycles. The lowest BCUT2D eigenvalue weighted by Gasteiger charge is -2.06. The van der Waals surface area contributed by atoms with E-state index >= 15 is 0 Å². The molecular formula is C9H15NOS3. The van der Waals surface area contributed by atoms with Crippen molar-refractivity contribution in [3.05, 3.63) is 11.5 Å². The Morgan fingerprint density at radius 2 is 2.29 bits per heavy atom. The van der Waals surface area contributed by atoms with Gasteiger partial charge in [0.25, 0.3) is 5.17 Å². The van der Waals surface area contributed by atoms with Crippen LogP contribution in [0.25, 0.3) is 0 Å². The van der Waals surface area contributed by atoms with E-state index < -0.39 is 0 Å². The molecule has 0 saturated carbocycles. The molecule has 0 aromatic rings. The summed E-state index contributed by atoms with van der Waals surface area (Å²) >= 11 is 4.60. The van der Waals surface area contributed by atoms with Crippen molar-refractivity contribution >= 4 is 39.0 Å². The van der Waals surface area contributed by atoms with Gasteiger partial charge in [-0.25, -0.2) is 0 Å². The molecule has 1 rings (SSSR count). The molecule has 1 atom stereocenters. The topological polar surface area (TPSA) is 35.2 Å². The second kappa shape index (κ2) is 7.43. The second-order valence-electron chi connectivity index (χ2n) is 3.08. The third kappa shape index (κ3) is 5.78. The maximum absolute atomic E-state index is 5.20. The van der Waals surface area contributed by atoms with Gasteiger partial charge in [-0.1, -0.05) is 40.5 Å². The van der Waals surface area contributed by atoms with Gasteiger partial charge in [0.2, 0.25) is 0 Å². The van der Waals surface area contributed by atoms with Crippen molar-refractivity contribution in [2.75, 3.05) is 6.61 Å². The molecule has 1 heterocycles. The minimum atomic E-state index is 0.163. The molecule has 1 unspecified atom stereocenters. The first-order chi connectivity index (χ1) is 6.79. The van der Waals surface area contributed by atoms with E-state index in [0.29, 0.717) is 6.61 Å². The number of unbranched alkanes of at least 4 members (excludes halogenated alkanes) is 2. The first-order valence-corrected chi connectivity index (χ1v) is 7.38. The van der Waals surface area contributed by atoms with E-state index in [-0.39, 0.29) is 5.17 Å². The monoisotopic (exact) mass is 249 g/mol. The van der Waals surface area contributed by atoms with Crippen LogP contribution in [-0.4, -0.2) is 17.0 Å². The number of ether oxygens (including phenoxy) is 1. The number of thiocarbonyl (C=S) groups is 1. The molecule has 0 radical (unpaired) electrons. The maximum Gasteiger partial charge on any atom is 0.253 e. The van der Waals surface area contributed by atoms with Crippen LogP contribution in [0, 0.1) is 0 Å². The van der Waals surface area contributed by atoms with Crippen molar-refractivity contribution in [3.63, 3.8) is 0 Å². The average Bonchev–Trinajstić information content (AvgIpc) is 2.63. The number of nitrogens with two attached hydrogens (primary N) is 1. The Morgan fingerprint density at radius 1 is 1.43 bits per heavy atom. The quantitative estimate of drug-likeness (QED) is 0.444. The van der Waals surface area contributed by atoms with Crippen LogP contribution in [0.15, 0.2) is 11.5 Å². The average molecular weight is 249 g/mol. The Kier molecular flexibility index (Phi) is 6.47. The molecule has 0 bridgehead atoms. The zero-order chi connectivity index (χ0) is 10.2. The molecular weight excluding hydrogens is 234 g/mol. The van der Waals surface area contributed by atoms with Crippen molar-refractivity contribution in [3.8, 4) is 0 Å². The molecule has 1 aliphatic heterocycles. The fourth-order valence-corrected chi connectivity index (χ4v) is 3.54. The molecule has 2 N–H and O–H groups in total. The van der Waals surface area contributed by atoms with E-state index in [1.807, 2.05) is 21.6 Å². The zero-order valence-electron chi connectivity index (χ0n) is 7.98. The molecule has 0 fully saturated rings. The fraction of sp³-hybridized carbons (Fsp3) is 0.667. The highest BCUT2D eigenvalue weighted by atomic mass is 33.1. The third-order valence-electron chi connectivity index (χ3n) is 1.91. The van der Waals surface area contributed by atoms with Crippen LogP contribution in [-0.2, 0) is 4.74 Å². The van der Waals surface area contributed by atoms with Gasteiger partial charge in [0, 0.05) is 5.25 Å². The summed E-state index contributed by atoms with van der Waals surface area (Å²) in [5.74, 6) is 0. The standard InChI is InChI=1S/C9H15NOS3/c10-9(12)11-6-3-1-2-4-8-5-7-13-14-8/h5,7-8H,1-4,6H2,(H2,10,12). The summed E-state index contributed by atoms with van der Waals surface area (Å²) in [4.78, 5) is 0. The van der Waals surface area contributed by atoms with Gasteiger partial charge in [-0.15, -0.1) is 0 Å². The summed E-state index contributed by atoms with van der Waals surface area (Å²) in [6.07, 6.45) is 7.04. The van der Waals surface area contributed by atoms with Crippen LogP contribution in [0.3, 0.4) is 0 Å². The van der Waals surface area contributed by atoms with E-state index in [9.17, 15) is 0 Å². The van der Waals surface area contributed by atoms with Crippen LogP contribution in [0.4, 0.5) is 0 Å². The van der Waals surface area contributed by atoms with E-state index in [0.717, 1.165) is 11.7 Å². The first kappa shape index (κ1) is 12.2. The highest BCUT2D eigenvalue weighted by molar-refractivity contribution is 8.78. The SMILES string of the molecule is NC(=S)OCCCCCC1C=CSS1. The van der Waals surface area contributed by atoms with Crippen molar-refractivity contribution in [1.82, 2.24) is 0 Å². The lowest BCUT2D eigenvalue weighted by atomic mass is 10.1. The molecule has 0 spiro atoms. The molecule has 5 heteroatoms. The smallest absolute Gasteiger partial charge is 0.253 e. The minimum absolute atomic E-state index is 0.163. The Morgan fingerprint density at radius 3 is 2.93 bits per heavy atom. The third-order valence-corrected chi connectivity index (χ3v) is 4.45. The Balaban J connectivity index is 1.84. The van der Waals surface area contributed by atoms with Crippen LogP contribution in [0.5, 0.6) is 0 Å². The zero-order valence-corrected chi connectivity index (χ0v) is 10.4. The predicted molar refractivity (Wildman–Crippen MR) is 69.3 cm³/mol. The lowest BCUT2D eigenvalue weighted by Crippen LogP contribution is -2.13. The summed E-state index contributed by atoms with van der Waals surface area (Å²) in [5.41, 5.74) is 5.20. The molecule has 1 aliphatic rings. The molecule has 14 heavy (non-hydrogen) atoms. The molecule has 0 amide bonds. The number of rotatable bonds is 6. The number of hydrogen-bond donors (Lipinski definition) is 1. The molecule has 0 aromatic heterocycles. The summed E-state index contributed by atoms with van der Waals surface area (Å²) in [5, 5.41) is 3.05. The summed E-state index contributed by atoms with van der Waals surface area (Å²) in [6.45, 7) is 0.664. The van der Waals surface area contributed by atoms with E-state index in [4.69, 9.17) is 10.5 Å². The van der Waals surface area contributed by atoms with E-state index in [1.165, 1.54) is 19.3 Å².